The summed E-state index contributed by atoms with van der Waals surface area (Å²) in [5.74, 6) is 0.0184. The topological polar surface area (TPSA) is 64.6 Å². The maximum atomic E-state index is 11.8. The van der Waals surface area contributed by atoms with Crippen molar-refractivity contribution in [3.8, 4) is 0 Å². The van der Waals surface area contributed by atoms with Crippen molar-refractivity contribution < 1.29 is 17.9 Å². The van der Waals surface area contributed by atoms with Crippen LogP contribution in [-0.2, 0) is 26.0 Å². The summed E-state index contributed by atoms with van der Waals surface area (Å²) in [6.07, 6.45) is 0.849. The molecule has 1 aromatic rings. The molecule has 0 amide bonds. The van der Waals surface area contributed by atoms with Gasteiger partial charge in [0.1, 0.15) is 0 Å². The highest BCUT2D eigenvalue weighted by Crippen LogP contribution is 2.09. The molecule has 0 saturated carbocycles. The molecule has 1 N–H and O–H groups in total. The molecule has 0 bridgehead atoms. The van der Waals surface area contributed by atoms with Gasteiger partial charge in [-0.15, -0.1) is 0 Å². The van der Waals surface area contributed by atoms with Gasteiger partial charge in [0.25, 0.3) is 0 Å². The average molecular weight is 285 g/mol. The second-order valence-electron chi connectivity index (χ2n) is 4.44. The first kappa shape index (κ1) is 14.5. The van der Waals surface area contributed by atoms with Gasteiger partial charge in [-0.3, -0.25) is 0 Å². The molecule has 19 heavy (non-hydrogen) atoms. The van der Waals surface area contributed by atoms with Crippen LogP contribution in [0.5, 0.6) is 0 Å². The highest BCUT2D eigenvalue weighted by Gasteiger charge is 2.18. The van der Waals surface area contributed by atoms with E-state index in [4.69, 9.17) is 9.47 Å². The molecule has 0 aromatic heterocycles. The Kier molecular flexibility index (Phi) is 5.33. The monoisotopic (exact) mass is 285 g/mol. The molecular weight excluding hydrogens is 266 g/mol. The molecule has 1 fully saturated rings. The molecule has 2 rings (SSSR count). The van der Waals surface area contributed by atoms with Gasteiger partial charge >= 0.3 is 0 Å². The normalized spacial score (nSPS) is 17.5. The van der Waals surface area contributed by atoms with E-state index in [1.807, 2.05) is 30.3 Å². The first-order valence-electron chi connectivity index (χ1n) is 6.40. The second kappa shape index (κ2) is 7.00. The van der Waals surface area contributed by atoms with E-state index in [-0.39, 0.29) is 12.0 Å². The van der Waals surface area contributed by atoms with Crippen molar-refractivity contribution in [1.29, 1.82) is 0 Å². The molecule has 106 valence electrons. The van der Waals surface area contributed by atoms with E-state index in [1.54, 1.807) is 0 Å². The van der Waals surface area contributed by atoms with E-state index >= 15 is 0 Å². The summed E-state index contributed by atoms with van der Waals surface area (Å²) < 4.78 is 36.9. The third-order valence-electron chi connectivity index (χ3n) is 2.86. The molecular formula is C13H19NO4S. The number of ether oxygens (including phenoxy) is 2. The molecule has 0 spiro atoms. The predicted octanol–water partition coefficient (Wildman–Crippen LogP) is 1.26. The van der Waals surface area contributed by atoms with Gasteiger partial charge in [-0.05, 0) is 12.0 Å². The van der Waals surface area contributed by atoms with E-state index in [0.717, 1.165) is 12.0 Å². The van der Waals surface area contributed by atoms with Crippen LogP contribution in [0.2, 0.25) is 0 Å². The minimum atomic E-state index is -3.29. The molecule has 1 aromatic carbocycles. The fraction of sp³-hybridized carbons (Fsp3) is 0.538. The highest BCUT2D eigenvalue weighted by molar-refractivity contribution is 7.89. The average Bonchev–Trinajstić information content (AvgIpc) is 2.46. The lowest BCUT2D eigenvalue weighted by molar-refractivity contribution is -0.178. The maximum Gasteiger partial charge on any atom is 0.212 e. The number of sulfonamides is 1. The number of nitrogens with one attached hydrogen (secondary N) is 1. The Balaban J connectivity index is 1.75. The number of benzene rings is 1. The van der Waals surface area contributed by atoms with Crippen LogP contribution >= 0.6 is 0 Å². The molecule has 0 aliphatic carbocycles. The van der Waals surface area contributed by atoms with Crippen molar-refractivity contribution in [3.63, 3.8) is 0 Å². The zero-order chi connectivity index (χ0) is 13.6. The van der Waals surface area contributed by atoms with Gasteiger partial charge in [-0.25, -0.2) is 13.1 Å². The van der Waals surface area contributed by atoms with Crippen molar-refractivity contribution in [2.45, 2.75) is 25.7 Å². The van der Waals surface area contributed by atoms with Crippen LogP contribution in [0.3, 0.4) is 0 Å². The van der Waals surface area contributed by atoms with Gasteiger partial charge in [-0.2, -0.15) is 0 Å². The minimum Gasteiger partial charge on any atom is -0.353 e. The number of hydrogen-bond donors (Lipinski definition) is 1. The van der Waals surface area contributed by atoms with Crippen molar-refractivity contribution >= 4 is 10.0 Å². The van der Waals surface area contributed by atoms with Gasteiger partial charge in [0, 0.05) is 13.0 Å². The van der Waals surface area contributed by atoms with Gasteiger partial charge in [0.2, 0.25) is 10.0 Å². The van der Waals surface area contributed by atoms with Crippen LogP contribution in [-0.4, -0.2) is 33.7 Å². The smallest absolute Gasteiger partial charge is 0.212 e. The number of rotatable bonds is 6. The van der Waals surface area contributed by atoms with E-state index in [2.05, 4.69) is 4.72 Å². The van der Waals surface area contributed by atoms with Crippen LogP contribution in [0, 0.1) is 0 Å². The molecule has 1 aliphatic heterocycles. The summed E-state index contributed by atoms with van der Waals surface area (Å²) >= 11 is 0. The Morgan fingerprint density at radius 3 is 2.53 bits per heavy atom. The van der Waals surface area contributed by atoms with Crippen LogP contribution < -0.4 is 4.72 Å². The van der Waals surface area contributed by atoms with Crippen LogP contribution in [0.15, 0.2) is 30.3 Å². The maximum absolute atomic E-state index is 11.8. The first-order valence-corrected chi connectivity index (χ1v) is 8.05. The summed E-state index contributed by atoms with van der Waals surface area (Å²) in [6, 6.07) is 9.43. The van der Waals surface area contributed by atoms with Crippen molar-refractivity contribution in [2.24, 2.45) is 0 Å². The second-order valence-corrected chi connectivity index (χ2v) is 6.37. The fourth-order valence-electron chi connectivity index (χ4n) is 1.82. The van der Waals surface area contributed by atoms with Crippen molar-refractivity contribution in [3.05, 3.63) is 35.9 Å². The van der Waals surface area contributed by atoms with Gasteiger partial charge in [0.15, 0.2) is 6.29 Å². The molecule has 1 aliphatic rings. The number of hydrogen-bond acceptors (Lipinski definition) is 4. The van der Waals surface area contributed by atoms with Crippen LogP contribution in [0.1, 0.15) is 18.4 Å². The van der Waals surface area contributed by atoms with Crippen molar-refractivity contribution in [1.82, 2.24) is 4.72 Å². The molecule has 1 heterocycles. The third-order valence-corrected chi connectivity index (χ3v) is 4.21. The summed E-state index contributed by atoms with van der Waals surface area (Å²) in [6.45, 7) is 1.60. The molecule has 6 heteroatoms. The quantitative estimate of drug-likeness (QED) is 0.854. The fourth-order valence-corrected chi connectivity index (χ4v) is 2.85. The van der Waals surface area contributed by atoms with Crippen molar-refractivity contribution in [2.75, 3.05) is 19.0 Å². The molecule has 0 radical (unpaired) electrons. The summed E-state index contributed by atoms with van der Waals surface area (Å²) in [4.78, 5) is 0. The van der Waals surface area contributed by atoms with E-state index in [9.17, 15) is 8.42 Å². The Labute approximate surface area is 114 Å². The summed E-state index contributed by atoms with van der Waals surface area (Å²) in [5.41, 5.74) is 0.941. The first-order chi connectivity index (χ1) is 9.16. The van der Waals surface area contributed by atoms with Crippen LogP contribution in [0.25, 0.3) is 0 Å². The Morgan fingerprint density at radius 2 is 1.84 bits per heavy atom. The molecule has 0 unspecified atom stereocenters. The zero-order valence-electron chi connectivity index (χ0n) is 10.7. The van der Waals surface area contributed by atoms with E-state index in [1.165, 1.54) is 0 Å². The lowest BCUT2D eigenvalue weighted by Crippen LogP contribution is -2.31. The lowest BCUT2D eigenvalue weighted by atomic mass is 10.2. The molecule has 0 atom stereocenters. The SMILES string of the molecule is O=S(=O)(CCC1OCCCO1)NCc1ccccc1. The highest BCUT2D eigenvalue weighted by atomic mass is 32.2. The van der Waals surface area contributed by atoms with Gasteiger partial charge in [0.05, 0.1) is 19.0 Å². The minimum absolute atomic E-state index is 0.0184. The predicted molar refractivity (Wildman–Crippen MR) is 72.0 cm³/mol. The Hall–Kier alpha value is -0.950. The Morgan fingerprint density at radius 1 is 1.16 bits per heavy atom. The third kappa shape index (κ3) is 5.28. The van der Waals surface area contributed by atoms with Crippen LogP contribution in [0.4, 0.5) is 0 Å². The van der Waals surface area contributed by atoms with Gasteiger partial charge < -0.3 is 9.47 Å². The standard InChI is InChI=1S/C13H19NO4S/c15-19(16,10-7-13-17-8-4-9-18-13)14-11-12-5-2-1-3-6-12/h1-3,5-6,13-14H,4,7-11H2. The van der Waals surface area contributed by atoms with Gasteiger partial charge in [-0.1, -0.05) is 30.3 Å². The zero-order valence-corrected chi connectivity index (χ0v) is 11.6. The lowest BCUT2D eigenvalue weighted by Gasteiger charge is -2.22. The largest absolute Gasteiger partial charge is 0.353 e. The summed E-state index contributed by atoms with van der Waals surface area (Å²) in [7, 11) is -3.29. The Bertz CT molecular complexity index is 469. The van der Waals surface area contributed by atoms with E-state index < -0.39 is 10.0 Å². The molecule has 1 saturated heterocycles. The molecule has 5 nitrogen and oxygen atoms in total. The van der Waals surface area contributed by atoms with E-state index in [0.29, 0.717) is 26.2 Å². The summed E-state index contributed by atoms with van der Waals surface area (Å²) in [5, 5.41) is 0.